The Labute approximate surface area is 148 Å². The Morgan fingerprint density at radius 2 is 2.00 bits per heavy atom. The van der Waals surface area contributed by atoms with Crippen LogP contribution in [0, 0.1) is 6.92 Å². The van der Waals surface area contributed by atoms with Gasteiger partial charge in [-0.15, -0.1) is 0 Å². The number of fused-ring (bicyclic) bond motifs is 3. The summed E-state index contributed by atoms with van der Waals surface area (Å²) in [6, 6.07) is 10.8. The van der Waals surface area contributed by atoms with Crippen LogP contribution in [0.25, 0.3) is 23.1 Å². The summed E-state index contributed by atoms with van der Waals surface area (Å²) in [6.45, 7) is 5.61. The molecule has 3 aliphatic rings. The molecule has 6 rings (SSSR count). The van der Waals surface area contributed by atoms with E-state index in [9.17, 15) is 0 Å². The molecule has 126 valence electrons. The fraction of sp³-hybridized carbons (Fsp3) is 0.318. The van der Waals surface area contributed by atoms with Gasteiger partial charge in [-0.1, -0.05) is 36.4 Å². The van der Waals surface area contributed by atoms with E-state index in [2.05, 4.69) is 57.4 Å². The highest BCUT2D eigenvalue weighted by atomic mass is 15.1. The van der Waals surface area contributed by atoms with Crippen molar-refractivity contribution in [1.29, 1.82) is 0 Å². The molecule has 25 heavy (non-hydrogen) atoms. The third-order valence-corrected chi connectivity index (χ3v) is 5.77. The van der Waals surface area contributed by atoms with Gasteiger partial charge in [0.2, 0.25) is 0 Å². The van der Waals surface area contributed by atoms with Crippen LogP contribution in [0.3, 0.4) is 0 Å². The summed E-state index contributed by atoms with van der Waals surface area (Å²) in [5.74, 6) is 0.708. The van der Waals surface area contributed by atoms with Crippen molar-refractivity contribution in [3.63, 3.8) is 0 Å². The molecule has 1 N–H and O–H groups in total. The predicted molar refractivity (Wildman–Crippen MR) is 103 cm³/mol. The molecule has 3 aliphatic heterocycles. The summed E-state index contributed by atoms with van der Waals surface area (Å²) in [7, 11) is 0. The predicted octanol–water partition coefficient (Wildman–Crippen LogP) is 4.73. The number of hydrogen-bond acceptors (Lipinski definition) is 2. The summed E-state index contributed by atoms with van der Waals surface area (Å²) in [4.78, 5) is 10.8. The van der Waals surface area contributed by atoms with Crippen molar-refractivity contribution in [1.82, 2.24) is 14.9 Å². The number of aryl methyl sites for hydroxylation is 1. The molecule has 0 radical (unpaired) electrons. The van der Waals surface area contributed by atoms with Crippen LogP contribution in [-0.4, -0.2) is 28.0 Å². The van der Waals surface area contributed by atoms with Gasteiger partial charge in [-0.25, -0.2) is 0 Å². The second-order valence-electron chi connectivity index (χ2n) is 7.40. The van der Waals surface area contributed by atoms with Crippen LogP contribution >= 0.6 is 0 Å². The molecule has 1 saturated heterocycles. The Morgan fingerprint density at radius 3 is 2.80 bits per heavy atom. The third kappa shape index (κ3) is 2.59. The highest BCUT2D eigenvalue weighted by Crippen LogP contribution is 2.39. The van der Waals surface area contributed by atoms with E-state index in [0.717, 1.165) is 17.8 Å². The minimum Gasteiger partial charge on any atom is -0.357 e. The lowest BCUT2D eigenvalue weighted by Crippen LogP contribution is -2.29. The first-order valence-electron chi connectivity index (χ1n) is 9.24. The Hall–Kier alpha value is -2.39. The van der Waals surface area contributed by atoms with Gasteiger partial charge in [-0.05, 0) is 55.6 Å². The smallest absolute Gasteiger partial charge is 0.0533 e. The van der Waals surface area contributed by atoms with E-state index in [1.165, 1.54) is 53.7 Å². The zero-order chi connectivity index (χ0) is 16.8. The maximum Gasteiger partial charge on any atom is 0.0533 e. The van der Waals surface area contributed by atoms with E-state index in [1.807, 2.05) is 13.1 Å². The fourth-order valence-corrected chi connectivity index (χ4v) is 4.34. The zero-order valence-electron chi connectivity index (χ0n) is 14.6. The van der Waals surface area contributed by atoms with Gasteiger partial charge in [-0.2, -0.15) is 0 Å². The SMILES string of the molecule is Cc1ccc(/C=C/c2cccc3c4c([nH]c23)C2CCN(CC2)C4)cn1. The Morgan fingerprint density at radius 1 is 1.12 bits per heavy atom. The number of pyridine rings is 1. The van der Waals surface area contributed by atoms with Crippen molar-refractivity contribution >= 4 is 23.1 Å². The molecule has 0 amide bonds. The van der Waals surface area contributed by atoms with Gasteiger partial charge in [-0.3, -0.25) is 9.88 Å². The molecule has 5 heterocycles. The molecular formula is C22H23N3. The molecule has 1 aromatic carbocycles. The number of H-pyrrole nitrogens is 1. The largest absolute Gasteiger partial charge is 0.357 e. The number of para-hydroxylation sites is 1. The van der Waals surface area contributed by atoms with Gasteiger partial charge in [0.1, 0.15) is 0 Å². The quantitative estimate of drug-likeness (QED) is 0.737. The molecule has 3 nitrogen and oxygen atoms in total. The lowest BCUT2D eigenvalue weighted by molar-refractivity contribution is 0.220. The first-order chi connectivity index (χ1) is 12.3. The number of benzene rings is 1. The molecule has 0 spiro atoms. The summed E-state index contributed by atoms with van der Waals surface area (Å²) < 4.78 is 0. The van der Waals surface area contributed by atoms with E-state index in [4.69, 9.17) is 0 Å². The lowest BCUT2D eigenvalue weighted by atomic mass is 9.94. The van der Waals surface area contributed by atoms with Crippen LogP contribution in [0.15, 0.2) is 36.5 Å². The highest BCUT2D eigenvalue weighted by molar-refractivity contribution is 5.93. The van der Waals surface area contributed by atoms with Crippen molar-refractivity contribution < 1.29 is 0 Å². The first kappa shape index (κ1) is 14.9. The van der Waals surface area contributed by atoms with Gasteiger partial charge in [0.15, 0.2) is 0 Å². The van der Waals surface area contributed by atoms with Crippen LogP contribution in [0.5, 0.6) is 0 Å². The molecule has 0 saturated carbocycles. The van der Waals surface area contributed by atoms with E-state index >= 15 is 0 Å². The van der Waals surface area contributed by atoms with Crippen LogP contribution in [0.1, 0.15) is 46.8 Å². The van der Waals surface area contributed by atoms with Crippen LogP contribution < -0.4 is 0 Å². The normalized spacial score (nSPS) is 22.4. The van der Waals surface area contributed by atoms with Crippen molar-refractivity contribution in [2.75, 3.05) is 13.1 Å². The van der Waals surface area contributed by atoms with Crippen LogP contribution in [-0.2, 0) is 6.54 Å². The number of hydrogen-bond donors (Lipinski definition) is 1. The minimum atomic E-state index is 0.708. The standard InChI is InChI=1S/C22H23N3/c1-15-5-6-16(13-23-15)7-8-17-3-2-4-19-20-14-25-11-9-18(10-12-25)22(20)24-21(17)19/h2-8,13,18,24H,9-12,14H2,1H3/b8-7+. The van der Waals surface area contributed by atoms with E-state index in [0.29, 0.717) is 5.92 Å². The molecule has 3 heteroatoms. The average molecular weight is 329 g/mol. The number of aromatic nitrogens is 2. The minimum absolute atomic E-state index is 0.708. The number of aromatic amines is 1. The summed E-state index contributed by atoms with van der Waals surface area (Å²) in [5, 5.41) is 1.40. The summed E-state index contributed by atoms with van der Waals surface area (Å²) in [5.41, 5.74) is 7.77. The van der Waals surface area contributed by atoms with Crippen LogP contribution in [0.4, 0.5) is 0 Å². The monoisotopic (exact) mass is 329 g/mol. The third-order valence-electron chi connectivity index (χ3n) is 5.77. The molecule has 0 aliphatic carbocycles. The maximum atomic E-state index is 4.38. The Kier molecular flexibility index (Phi) is 3.49. The Bertz CT molecular complexity index is 941. The van der Waals surface area contributed by atoms with Crippen molar-refractivity contribution in [2.45, 2.75) is 32.2 Å². The molecule has 2 aromatic heterocycles. The van der Waals surface area contributed by atoms with Gasteiger partial charge >= 0.3 is 0 Å². The van der Waals surface area contributed by atoms with Crippen molar-refractivity contribution in [3.8, 4) is 0 Å². The topological polar surface area (TPSA) is 31.9 Å². The van der Waals surface area contributed by atoms with Crippen LogP contribution in [0.2, 0.25) is 0 Å². The maximum absolute atomic E-state index is 4.38. The van der Waals surface area contributed by atoms with Crippen molar-refractivity contribution in [3.05, 3.63) is 64.6 Å². The van der Waals surface area contributed by atoms with E-state index in [1.54, 1.807) is 0 Å². The Balaban J connectivity index is 1.58. The molecule has 2 bridgehead atoms. The van der Waals surface area contributed by atoms with Crippen molar-refractivity contribution in [2.24, 2.45) is 0 Å². The zero-order valence-corrected chi connectivity index (χ0v) is 14.6. The molecule has 1 fully saturated rings. The van der Waals surface area contributed by atoms with E-state index in [-0.39, 0.29) is 0 Å². The van der Waals surface area contributed by atoms with Gasteiger partial charge in [0.25, 0.3) is 0 Å². The highest BCUT2D eigenvalue weighted by Gasteiger charge is 2.30. The second-order valence-corrected chi connectivity index (χ2v) is 7.40. The van der Waals surface area contributed by atoms with Gasteiger partial charge in [0.05, 0.1) is 5.52 Å². The summed E-state index contributed by atoms with van der Waals surface area (Å²) in [6.07, 6.45) is 8.88. The average Bonchev–Trinajstić information content (AvgIpc) is 2.82. The molecular weight excluding hydrogens is 306 g/mol. The number of piperidine rings is 1. The lowest BCUT2D eigenvalue weighted by Gasteiger charge is -2.26. The summed E-state index contributed by atoms with van der Waals surface area (Å²) >= 11 is 0. The number of rotatable bonds is 2. The fourth-order valence-electron chi connectivity index (χ4n) is 4.34. The molecule has 0 unspecified atom stereocenters. The molecule has 0 atom stereocenters. The second kappa shape index (κ2) is 5.85. The number of nitrogens with zero attached hydrogens (tertiary/aromatic N) is 2. The van der Waals surface area contributed by atoms with Gasteiger partial charge < -0.3 is 4.98 Å². The van der Waals surface area contributed by atoms with Gasteiger partial charge in [0, 0.05) is 35.4 Å². The molecule has 3 aromatic rings. The van der Waals surface area contributed by atoms with E-state index < -0.39 is 0 Å². The number of nitrogens with one attached hydrogen (secondary N) is 1. The first-order valence-corrected chi connectivity index (χ1v) is 9.24.